The van der Waals surface area contributed by atoms with Crippen molar-refractivity contribution in [3.63, 3.8) is 0 Å². The number of nitrogens with zero attached hydrogens (tertiary/aromatic N) is 3. The number of anilines is 1. The zero-order valence-electron chi connectivity index (χ0n) is 12.7. The fourth-order valence-electron chi connectivity index (χ4n) is 2.12. The summed E-state index contributed by atoms with van der Waals surface area (Å²) in [5.41, 5.74) is 5.51. The average molecular weight is 296 g/mol. The number of nitrogen functional groups attached to an aromatic ring is 1. The lowest BCUT2D eigenvalue weighted by atomic mass is 10.1. The minimum atomic E-state index is 0.311. The van der Waals surface area contributed by atoms with Gasteiger partial charge in [0.05, 0.1) is 0 Å². The van der Waals surface area contributed by atoms with Gasteiger partial charge in [-0.05, 0) is 6.42 Å². The Bertz CT molecular complexity index is 346. The van der Waals surface area contributed by atoms with Crippen LogP contribution in [0.4, 0.5) is 5.95 Å². The minimum Gasteiger partial charge on any atom is -0.368 e. The Hall–Kier alpha value is -0.840. The third-order valence-corrected chi connectivity index (χ3v) is 4.25. The van der Waals surface area contributed by atoms with Gasteiger partial charge in [0.15, 0.2) is 5.16 Å². The van der Waals surface area contributed by atoms with Crippen molar-refractivity contribution in [1.29, 1.82) is 0 Å². The maximum Gasteiger partial charge on any atom is 0.223 e. The summed E-state index contributed by atoms with van der Waals surface area (Å²) < 4.78 is 0. The SMILES string of the molecule is CCCCCCCCCCCCSc1ncnc(N)n1. The molecule has 0 atom stereocenters. The third-order valence-electron chi connectivity index (χ3n) is 3.30. The summed E-state index contributed by atoms with van der Waals surface area (Å²) in [4.78, 5) is 11.9. The number of aromatic nitrogens is 3. The Morgan fingerprint density at radius 3 is 2.10 bits per heavy atom. The van der Waals surface area contributed by atoms with Crippen LogP contribution in [0.3, 0.4) is 0 Å². The molecule has 4 nitrogen and oxygen atoms in total. The maximum atomic E-state index is 5.51. The van der Waals surface area contributed by atoms with E-state index in [-0.39, 0.29) is 0 Å². The summed E-state index contributed by atoms with van der Waals surface area (Å²) in [7, 11) is 0. The van der Waals surface area contributed by atoms with E-state index in [4.69, 9.17) is 5.73 Å². The van der Waals surface area contributed by atoms with Gasteiger partial charge in [0.2, 0.25) is 5.95 Å². The lowest BCUT2D eigenvalue weighted by Crippen LogP contribution is -1.97. The molecule has 0 fully saturated rings. The van der Waals surface area contributed by atoms with E-state index in [2.05, 4.69) is 21.9 Å². The highest BCUT2D eigenvalue weighted by Gasteiger charge is 1.98. The van der Waals surface area contributed by atoms with Gasteiger partial charge in [-0.15, -0.1) is 0 Å². The van der Waals surface area contributed by atoms with Crippen LogP contribution in [-0.4, -0.2) is 20.7 Å². The summed E-state index contributed by atoms with van der Waals surface area (Å²) in [6.07, 6.45) is 15.1. The number of thioether (sulfide) groups is 1. The molecule has 0 aliphatic rings. The molecule has 0 aliphatic heterocycles. The van der Waals surface area contributed by atoms with Gasteiger partial charge >= 0.3 is 0 Å². The van der Waals surface area contributed by atoms with Gasteiger partial charge in [-0.1, -0.05) is 76.5 Å². The normalized spacial score (nSPS) is 10.8. The first-order valence-electron chi connectivity index (χ1n) is 7.90. The first-order valence-corrected chi connectivity index (χ1v) is 8.89. The van der Waals surface area contributed by atoms with E-state index in [1.165, 1.54) is 70.5 Å². The molecule has 0 aliphatic carbocycles. The molecule has 0 saturated heterocycles. The zero-order valence-corrected chi connectivity index (χ0v) is 13.5. The lowest BCUT2D eigenvalue weighted by molar-refractivity contribution is 0.563. The molecule has 1 aromatic heterocycles. The molecule has 0 bridgehead atoms. The molecule has 0 spiro atoms. The van der Waals surface area contributed by atoms with E-state index in [1.54, 1.807) is 11.8 Å². The number of hydrogen-bond acceptors (Lipinski definition) is 5. The third kappa shape index (κ3) is 9.13. The fourth-order valence-corrected chi connectivity index (χ4v) is 2.93. The molecule has 5 heteroatoms. The molecule has 1 heterocycles. The van der Waals surface area contributed by atoms with Crippen molar-refractivity contribution in [1.82, 2.24) is 15.0 Å². The van der Waals surface area contributed by atoms with E-state index >= 15 is 0 Å². The monoisotopic (exact) mass is 296 g/mol. The molecule has 0 amide bonds. The topological polar surface area (TPSA) is 64.7 Å². The molecule has 0 radical (unpaired) electrons. The summed E-state index contributed by atoms with van der Waals surface area (Å²) in [6, 6.07) is 0. The van der Waals surface area contributed by atoms with Crippen molar-refractivity contribution in [2.45, 2.75) is 76.3 Å². The Labute approximate surface area is 127 Å². The molecular formula is C15H28N4S. The van der Waals surface area contributed by atoms with Gasteiger partial charge in [0, 0.05) is 5.75 Å². The van der Waals surface area contributed by atoms with Crippen molar-refractivity contribution >= 4 is 17.7 Å². The summed E-state index contributed by atoms with van der Waals surface area (Å²) in [5, 5.41) is 0.744. The van der Waals surface area contributed by atoms with Gasteiger partial charge in [-0.3, -0.25) is 0 Å². The van der Waals surface area contributed by atoms with Crippen LogP contribution in [0.1, 0.15) is 71.1 Å². The fraction of sp³-hybridized carbons (Fsp3) is 0.800. The molecule has 20 heavy (non-hydrogen) atoms. The van der Waals surface area contributed by atoms with E-state index in [9.17, 15) is 0 Å². The molecule has 1 aromatic rings. The Morgan fingerprint density at radius 2 is 1.50 bits per heavy atom. The van der Waals surface area contributed by atoms with Gasteiger partial charge in [0.1, 0.15) is 6.33 Å². The summed E-state index contributed by atoms with van der Waals surface area (Å²) in [5.74, 6) is 1.38. The van der Waals surface area contributed by atoms with Crippen LogP contribution in [0.5, 0.6) is 0 Å². The molecule has 2 N–H and O–H groups in total. The average Bonchev–Trinajstić information content (AvgIpc) is 2.45. The molecule has 0 saturated carbocycles. The van der Waals surface area contributed by atoms with Crippen LogP contribution in [0.25, 0.3) is 0 Å². The van der Waals surface area contributed by atoms with E-state index in [0.29, 0.717) is 5.95 Å². The predicted molar refractivity (Wildman–Crippen MR) is 86.8 cm³/mol. The second kappa shape index (κ2) is 11.9. The van der Waals surface area contributed by atoms with Gasteiger partial charge in [-0.25, -0.2) is 9.97 Å². The second-order valence-electron chi connectivity index (χ2n) is 5.16. The van der Waals surface area contributed by atoms with Crippen LogP contribution in [0, 0.1) is 0 Å². The van der Waals surface area contributed by atoms with Crippen molar-refractivity contribution < 1.29 is 0 Å². The molecular weight excluding hydrogens is 268 g/mol. The van der Waals surface area contributed by atoms with E-state index < -0.39 is 0 Å². The second-order valence-corrected chi connectivity index (χ2v) is 6.22. The number of hydrogen-bond donors (Lipinski definition) is 1. The van der Waals surface area contributed by atoms with Crippen LogP contribution in [-0.2, 0) is 0 Å². The minimum absolute atomic E-state index is 0.311. The Kier molecular flexibility index (Phi) is 10.3. The Morgan fingerprint density at radius 1 is 0.900 bits per heavy atom. The summed E-state index contributed by atoms with van der Waals surface area (Å²) in [6.45, 7) is 2.27. The van der Waals surface area contributed by atoms with Crippen LogP contribution >= 0.6 is 11.8 Å². The lowest BCUT2D eigenvalue weighted by Gasteiger charge is -2.02. The Balaban J connectivity index is 1.85. The van der Waals surface area contributed by atoms with Crippen molar-refractivity contribution in [3.05, 3.63) is 6.33 Å². The summed E-state index contributed by atoms with van der Waals surface area (Å²) >= 11 is 1.67. The smallest absolute Gasteiger partial charge is 0.223 e. The van der Waals surface area contributed by atoms with Gasteiger partial charge in [0.25, 0.3) is 0 Å². The van der Waals surface area contributed by atoms with E-state index in [1.807, 2.05) is 0 Å². The van der Waals surface area contributed by atoms with Crippen LogP contribution in [0.15, 0.2) is 11.5 Å². The molecule has 0 unspecified atom stereocenters. The van der Waals surface area contributed by atoms with E-state index in [0.717, 1.165) is 10.9 Å². The molecule has 0 aromatic carbocycles. The van der Waals surface area contributed by atoms with Gasteiger partial charge in [-0.2, -0.15) is 4.98 Å². The maximum absolute atomic E-state index is 5.51. The highest BCUT2D eigenvalue weighted by atomic mass is 32.2. The zero-order chi connectivity index (χ0) is 14.5. The highest BCUT2D eigenvalue weighted by Crippen LogP contribution is 2.16. The van der Waals surface area contributed by atoms with Gasteiger partial charge < -0.3 is 5.73 Å². The molecule has 1 rings (SSSR count). The number of rotatable bonds is 12. The van der Waals surface area contributed by atoms with Crippen molar-refractivity contribution in [3.8, 4) is 0 Å². The van der Waals surface area contributed by atoms with Crippen molar-refractivity contribution in [2.24, 2.45) is 0 Å². The first-order chi connectivity index (χ1) is 9.83. The molecule has 114 valence electrons. The first kappa shape index (κ1) is 17.2. The van der Waals surface area contributed by atoms with Crippen LogP contribution in [0.2, 0.25) is 0 Å². The quantitative estimate of drug-likeness (QED) is 0.455. The largest absolute Gasteiger partial charge is 0.368 e. The number of unbranched alkanes of at least 4 members (excludes halogenated alkanes) is 9. The van der Waals surface area contributed by atoms with Crippen LogP contribution < -0.4 is 5.73 Å². The standard InChI is InChI=1S/C15H28N4S/c1-2-3-4-5-6-7-8-9-10-11-12-20-15-18-13-17-14(16)19-15/h13H,2-12H2,1H3,(H2,16,17,18,19). The highest BCUT2D eigenvalue weighted by molar-refractivity contribution is 7.99. The predicted octanol–water partition coefficient (Wildman–Crippen LogP) is 4.47. The van der Waals surface area contributed by atoms with Crippen molar-refractivity contribution in [2.75, 3.05) is 11.5 Å². The number of nitrogens with two attached hydrogens (primary N) is 1.